The monoisotopic (exact) mass is 260 g/mol. The van der Waals surface area contributed by atoms with Gasteiger partial charge in [0.25, 0.3) is 0 Å². The second kappa shape index (κ2) is 4.81. The van der Waals surface area contributed by atoms with E-state index in [1.54, 1.807) is 10.7 Å². The Hall–Kier alpha value is -1.83. The molecule has 0 saturated carbocycles. The van der Waals surface area contributed by atoms with Gasteiger partial charge in [-0.2, -0.15) is 10.4 Å². The van der Waals surface area contributed by atoms with Gasteiger partial charge in [0, 0.05) is 6.54 Å². The molecular formula is C13H13ClN4. The van der Waals surface area contributed by atoms with Crippen molar-refractivity contribution >= 4 is 11.6 Å². The highest BCUT2D eigenvalue weighted by Crippen LogP contribution is 2.24. The third-order valence-electron chi connectivity index (χ3n) is 2.85. The molecule has 0 atom stereocenters. The van der Waals surface area contributed by atoms with Crippen LogP contribution in [0.2, 0.25) is 5.02 Å². The van der Waals surface area contributed by atoms with Gasteiger partial charge in [-0.1, -0.05) is 17.7 Å². The van der Waals surface area contributed by atoms with Crippen molar-refractivity contribution in [3.05, 3.63) is 45.7 Å². The molecule has 2 N–H and O–H groups in total. The van der Waals surface area contributed by atoms with Crippen LogP contribution in [0.4, 0.5) is 0 Å². The van der Waals surface area contributed by atoms with Crippen LogP contribution in [-0.4, -0.2) is 9.78 Å². The molecule has 2 aromatic rings. The Labute approximate surface area is 111 Å². The summed E-state index contributed by atoms with van der Waals surface area (Å²) < 4.78 is 1.69. The third kappa shape index (κ3) is 1.99. The number of hydrogen-bond donors (Lipinski definition) is 1. The third-order valence-corrected chi connectivity index (χ3v) is 3.40. The first-order chi connectivity index (χ1) is 8.58. The van der Waals surface area contributed by atoms with E-state index in [1.807, 2.05) is 26.0 Å². The van der Waals surface area contributed by atoms with E-state index in [-0.39, 0.29) is 0 Å². The van der Waals surface area contributed by atoms with Crippen molar-refractivity contribution in [2.75, 3.05) is 0 Å². The van der Waals surface area contributed by atoms with E-state index in [4.69, 9.17) is 17.3 Å². The van der Waals surface area contributed by atoms with E-state index in [0.29, 0.717) is 17.1 Å². The highest BCUT2D eigenvalue weighted by atomic mass is 35.5. The lowest BCUT2D eigenvalue weighted by molar-refractivity contribution is 0.830. The topological polar surface area (TPSA) is 67.6 Å². The molecule has 1 aromatic carbocycles. The number of nitrogens with two attached hydrogens (primary N) is 1. The van der Waals surface area contributed by atoms with Crippen LogP contribution >= 0.6 is 11.6 Å². The van der Waals surface area contributed by atoms with Crippen LogP contribution in [0.25, 0.3) is 5.69 Å². The van der Waals surface area contributed by atoms with Crippen LogP contribution in [0.5, 0.6) is 0 Å². The summed E-state index contributed by atoms with van der Waals surface area (Å²) in [4.78, 5) is 0. The smallest absolute Gasteiger partial charge is 0.101 e. The molecule has 2 rings (SSSR count). The molecule has 0 fully saturated rings. The van der Waals surface area contributed by atoms with E-state index in [9.17, 15) is 5.26 Å². The highest BCUT2D eigenvalue weighted by molar-refractivity contribution is 6.31. The van der Waals surface area contributed by atoms with Crippen LogP contribution in [0.3, 0.4) is 0 Å². The molecule has 0 aliphatic carbocycles. The average molecular weight is 261 g/mol. The summed E-state index contributed by atoms with van der Waals surface area (Å²) in [5.74, 6) is 0. The Kier molecular flexibility index (Phi) is 3.37. The van der Waals surface area contributed by atoms with Crippen LogP contribution < -0.4 is 5.73 Å². The quantitative estimate of drug-likeness (QED) is 0.902. The predicted octanol–water partition coefficient (Wildman–Crippen LogP) is 2.47. The molecule has 0 saturated heterocycles. The molecule has 0 amide bonds. The summed E-state index contributed by atoms with van der Waals surface area (Å²) in [5.41, 5.74) is 9.33. The molecule has 92 valence electrons. The van der Waals surface area contributed by atoms with Gasteiger partial charge in [0.15, 0.2) is 0 Å². The number of hydrogen-bond acceptors (Lipinski definition) is 3. The molecule has 18 heavy (non-hydrogen) atoms. The molecule has 1 aromatic heterocycles. The summed E-state index contributed by atoms with van der Waals surface area (Å²) >= 11 is 6.12. The maximum absolute atomic E-state index is 9.20. The van der Waals surface area contributed by atoms with Crippen LogP contribution in [0.15, 0.2) is 18.2 Å². The maximum atomic E-state index is 9.20. The zero-order valence-electron chi connectivity index (χ0n) is 10.2. The van der Waals surface area contributed by atoms with Gasteiger partial charge in [-0.25, -0.2) is 4.68 Å². The first-order valence-corrected chi connectivity index (χ1v) is 5.91. The Bertz CT molecular complexity index is 637. The minimum atomic E-state index is 0.410. The standard InChI is InChI=1S/C13H13ClN4/c1-8-13(14)9(2)18(17-8)12-4-3-10(6-15)5-11(12)7-16/h3-5H,6,15H2,1-2H3. The molecule has 4 nitrogen and oxygen atoms in total. The summed E-state index contributed by atoms with van der Waals surface area (Å²) in [7, 11) is 0. The Morgan fingerprint density at radius 1 is 1.44 bits per heavy atom. The van der Waals surface area contributed by atoms with Gasteiger partial charge in [-0.15, -0.1) is 0 Å². The first-order valence-electron chi connectivity index (χ1n) is 5.53. The van der Waals surface area contributed by atoms with Crippen molar-refractivity contribution in [3.63, 3.8) is 0 Å². The number of nitrogens with zero attached hydrogens (tertiary/aromatic N) is 3. The SMILES string of the molecule is Cc1nn(-c2ccc(CN)cc2C#N)c(C)c1Cl. The van der Waals surface area contributed by atoms with Crippen molar-refractivity contribution in [1.82, 2.24) is 9.78 Å². The van der Waals surface area contributed by atoms with Gasteiger partial charge in [0.2, 0.25) is 0 Å². The van der Waals surface area contributed by atoms with Gasteiger partial charge in [0.05, 0.1) is 27.7 Å². The predicted molar refractivity (Wildman–Crippen MR) is 70.7 cm³/mol. The molecule has 0 spiro atoms. The zero-order chi connectivity index (χ0) is 13.3. The van der Waals surface area contributed by atoms with Crippen LogP contribution in [0, 0.1) is 25.2 Å². The molecular weight excluding hydrogens is 248 g/mol. The molecule has 0 unspecified atom stereocenters. The molecule has 1 heterocycles. The summed E-state index contributed by atoms with van der Waals surface area (Å²) in [6.45, 7) is 4.12. The van der Waals surface area contributed by atoms with Gasteiger partial charge in [-0.3, -0.25) is 0 Å². The van der Waals surface area contributed by atoms with E-state index in [1.165, 1.54) is 0 Å². The van der Waals surface area contributed by atoms with E-state index >= 15 is 0 Å². The van der Waals surface area contributed by atoms with Crippen molar-refractivity contribution in [2.45, 2.75) is 20.4 Å². The summed E-state index contributed by atoms with van der Waals surface area (Å²) in [6.07, 6.45) is 0. The van der Waals surface area contributed by atoms with Crippen LogP contribution in [0.1, 0.15) is 22.5 Å². The molecule has 5 heteroatoms. The van der Waals surface area contributed by atoms with E-state index < -0.39 is 0 Å². The van der Waals surface area contributed by atoms with E-state index in [0.717, 1.165) is 22.6 Å². The molecule has 0 bridgehead atoms. The fourth-order valence-corrected chi connectivity index (χ4v) is 1.96. The lowest BCUT2D eigenvalue weighted by Crippen LogP contribution is -2.04. The number of rotatable bonds is 2. The number of nitriles is 1. The minimum Gasteiger partial charge on any atom is -0.326 e. The Morgan fingerprint density at radius 2 is 2.17 bits per heavy atom. The number of benzene rings is 1. The number of aromatic nitrogens is 2. The number of aryl methyl sites for hydroxylation is 1. The molecule has 0 radical (unpaired) electrons. The van der Waals surface area contributed by atoms with Gasteiger partial charge in [0.1, 0.15) is 6.07 Å². The van der Waals surface area contributed by atoms with Crippen molar-refractivity contribution in [2.24, 2.45) is 5.73 Å². The lowest BCUT2D eigenvalue weighted by atomic mass is 10.1. The summed E-state index contributed by atoms with van der Waals surface area (Å²) in [6, 6.07) is 7.68. The fourth-order valence-electron chi connectivity index (χ4n) is 1.84. The second-order valence-electron chi connectivity index (χ2n) is 4.06. The van der Waals surface area contributed by atoms with Crippen molar-refractivity contribution < 1.29 is 0 Å². The second-order valence-corrected chi connectivity index (χ2v) is 4.44. The van der Waals surface area contributed by atoms with Gasteiger partial charge in [-0.05, 0) is 31.5 Å². The van der Waals surface area contributed by atoms with Crippen LogP contribution in [-0.2, 0) is 6.54 Å². The summed E-state index contributed by atoms with van der Waals surface area (Å²) in [5, 5.41) is 14.2. The number of halogens is 1. The van der Waals surface area contributed by atoms with E-state index in [2.05, 4.69) is 11.2 Å². The first kappa shape index (κ1) is 12.6. The Morgan fingerprint density at radius 3 is 2.67 bits per heavy atom. The largest absolute Gasteiger partial charge is 0.326 e. The maximum Gasteiger partial charge on any atom is 0.101 e. The zero-order valence-corrected chi connectivity index (χ0v) is 11.0. The fraction of sp³-hybridized carbons (Fsp3) is 0.231. The minimum absolute atomic E-state index is 0.410. The molecule has 0 aliphatic heterocycles. The normalized spacial score (nSPS) is 10.4. The lowest BCUT2D eigenvalue weighted by Gasteiger charge is -2.08. The average Bonchev–Trinajstić information content (AvgIpc) is 2.65. The molecule has 0 aliphatic rings. The van der Waals surface area contributed by atoms with Gasteiger partial charge >= 0.3 is 0 Å². The van der Waals surface area contributed by atoms with Crippen molar-refractivity contribution in [1.29, 1.82) is 5.26 Å². The highest BCUT2D eigenvalue weighted by Gasteiger charge is 2.13. The van der Waals surface area contributed by atoms with Gasteiger partial charge < -0.3 is 5.73 Å². The Balaban J connectivity index is 2.64. The van der Waals surface area contributed by atoms with Crippen molar-refractivity contribution in [3.8, 4) is 11.8 Å².